The Bertz CT molecular complexity index is 124. The van der Waals surface area contributed by atoms with Gasteiger partial charge in [-0.1, -0.05) is 0 Å². The zero-order valence-corrected chi connectivity index (χ0v) is 8.30. The highest BCUT2D eigenvalue weighted by molar-refractivity contribution is 14.2. The van der Waals surface area contributed by atoms with Gasteiger partial charge in [-0.05, 0) is 12.8 Å². The van der Waals surface area contributed by atoms with E-state index in [2.05, 4.69) is 0 Å². The predicted octanol–water partition coefficient (Wildman–Crippen LogP) is 1.58. The van der Waals surface area contributed by atoms with E-state index in [9.17, 15) is 4.79 Å². The van der Waals surface area contributed by atoms with E-state index < -0.39 is 0 Å². The van der Waals surface area contributed by atoms with Gasteiger partial charge in [0.05, 0.1) is 15.3 Å². The van der Waals surface area contributed by atoms with Crippen LogP contribution in [0.15, 0.2) is 0 Å². The van der Waals surface area contributed by atoms with Crippen LogP contribution in [0.1, 0.15) is 12.8 Å². The number of aldehydes is 1. The first-order valence-corrected chi connectivity index (χ1v) is 6.34. The van der Waals surface area contributed by atoms with E-state index in [0.717, 1.165) is 25.7 Å². The van der Waals surface area contributed by atoms with Gasteiger partial charge in [0.25, 0.3) is 0 Å². The Hall–Kier alpha value is 0.670. The van der Waals surface area contributed by atoms with Crippen molar-refractivity contribution >= 4 is 36.7 Å². The SMILES string of the molecule is O=C[C@@H]1CCCN1OSI. The molecule has 1 saturated heterocycles. The fourth-order valence-corrected chi connectivity index (χ4v) is 1.91. The molecule has 3 nitrogen and oxygen atoms in total. The summed E-state index contributed by atoms with van der Waals surface area (Å²) in [5.74, 6) is 0. The van der Waals surface area contributed by atoms with Crippen molar-refractivity contribution in [3.05, 3.63) is 0 Å². The molecule has 0 aromatic heterocycles. The molecule has 0 aromatic carbocycles. The van der Waals surface area contributed by atoms with Crippen LogP contribution in [0.25, 0.3) is 0 Å². The van der Waals surface area contributed by atoms with Gasteiger partial charge in [-0.25, -0.2) is 4.28 Å². The Morgan fingerprint density at radius 1 is 1.80 bits per heavy atom. The van der Waals surface area contributed by atoms with Crippen molar-refractivity contribution in [1.29, 1.82) is 0 Å². The van der Waals surface area contributed by atoms with Gasteiger partial charge in [-0.2, -0.15) is 5.06 Å². The van der Waals surface area contributed by atoms with Gasteiger partial charge in [-0.15, -0.1) is 0 Å². The molecule has 1 heterocycles. The second kappa shape index (κ2) is 4.53. The zero-order valence-electron chi connectivity index (χ0n) is 5.33. The van der Waals surface area contributed by atoms with Crippen LogP contribution < -0.4 is 0 Å². The minimum Gasteiger partial charge on any atom is -0.302 e. The van der Waals surface area contributed by atoms with Crippen molar-refractivity contribution in [1.82, 2.24) is 5.06 Å². The maximum Gasteiger partial charge on any atom is 0.139 e. The number of carbonyl (C=O) groups excluding carboxylic acids is 1. The third-order valence-corrected chi connectivity index (χ3v) is 2.26. The van der Waals surface area contributed by atoms with E-state index in [0.29, 0.717) is 0 Å². The van der Waals surface area contributed by atoms with E-state index in [-0.39, 0.29) is 6.04 Å². The van der Waals surface area contributed by atoms with Gasteiger partial charge in [0.15, 0.2) is 0 Å². The first-order valence-electron chi connectivity index (χ1n) is 3.06. The number of halogens is 1. The lowest BCUT2D eigenvalue weighted by atomic mass is 10.2. The molecule has 58 valence electrons. The van der Waals surface area contributed by atoms with Crippen LogP contribution >= 0.6 is 30.4 Å². The molecule has 0 aliphatic carbocycles. The highest BCUT2D eigenvalue weighted by Crippen LogP contribution is 2.22. The molecular formula is C5H8INO2S. The molecule has 1 aliphatic rings. The van der Waals surface area contributed by atoms with Crippen LogP contribution in [0.3, 0.4) is 0 Å². The topological polar surface area (TPSA) is 29.5 Å². The van der Waals surface area contributed by atoms with Crippen LogP contribution in [0.4, 0.5) is 0 Å². The van der Waals surface area contributed by atoms with Crippen LogP contribution in [0, 0.1) is 0 Å². The summed E-state index contributed by atoms with van der Waals surface area (Å²) in [6.07, 6.45) is 2.93. The van der Waals surface area contributed by atoms with Gasteiger partial charge in [0, 0.05) is 27.8 Å². The van der Waals surface area contributed by atoms with Crippen molar-refractivity contribution < 1.29 is 9.08 Å². The lowest BCUT2D eigenvalue weighted by Crippen LogP contribution is -2.27. The summed E-state index contributed by atoms with van der Waals surface area (Å²) in [5.41, 5.74) is 0. The summed E-state index contributed by atoms with van der Waals surface area (Å²) in [7, 11) is 1.26. The smallest absolute Gasteiger partial charge is 0.139 e. The molecule has 0 unspecified atom stereocenters. The first-order chi connectivity index (χ1) is 4.88. The third-order valence-electron chi connectivity index (χ3n) is 1.53. The second-order valence-corrected chi connectivity index (χ2v) is 3.48. The Morgan fingerprint density at radius 3 is 3.20 bits per heavy atom. The monoisotopic (exact) mass is 273 g/mol. The minimum absolute atomic E-state index is 0.0118. The molecule has 5 heteroatoms. The van der Waals surface area contributed by atoms with Crippen LogP contribution in [0.2, 0.25) is 0 Å². The summed E-state index contributed by atoms with van der Waals surface area (Å²) in [6, 6.07) is -0.0118. The normalized spacial score (nSPS) is 27.1. The molecule has 1 fully saturated rings. The van der Waals surface area contributed by atoms with Crippen molar-refractivity contribution in [3.8, 4) is 0 Å². The molecule has 0 radical (unpaired) electrons. The van der Waals surface area contributed by atoms with E-state index >= 15 is 0 Å². The molecule has 0 N–H and O–H groups in total. The quantitative estimate of drug-likeness (QED) is 0.443. The van der Waals surface area contributed by atoms with Gasteiger partial charge in [0.1, 0.15) is 6.29 Å². The molecule has 0 aromatic rings. The zero-order chi connectivity index (χ0) is 7.40. The lowest BCUT2D eigenvalue weighted by molar-refractivity contribution is -0.121. The summed E-state index contributed by atoms with van der Waals surface area (Å²) in [6.45, 7) is 0.874. The number of hydrogen-bond acceptors (Lipinski definition) is 4. The predicted molar refractivity (Wildman–Crippen MR) is 48.5 cm³/mol. The Balaban J connectivity index is 2.34. The highest BCUT2D eigenvalue weighted by atomic mass is 127. The number of carbonyl (C=O) groups is 1. The number of hydroxylamine groups is 2. The molecule has 0 bridgehead atoms. The van der Waals surface area contributed by atoms with Gasteiger partial charge < -0.3 is 4.79 Å². The Labute approximate surface area is 76.2 Å². The molecule has 0 amide bonds. The molecule has 0 spiro atoms. The molecule has 1 aliphatic heterocycles. The van der Waals surface area contributed by atoms with Crippen molar-refractivity contribution in [2.45, 2.75) is 18.9 Å². The molecular weight excluding hydrogens is 265 g/mol. The summed E-state index contributed by atoms with van der Waals surface area (Å²) < 4.78 is 5.11. The highest BCUT2D eigenvalue weighted by Gasteiger charge is 2.24. The summed E-state index contributed by atoms with van der Waals surface area (Å²) in [4.78, 5) is 10.4. The molecule has 1 rings (SSSR count). The van der Waals surface area contributed by atoms with Crippen LogP contribution in [-0.2, 0) is 9.08 Å². The largest absolute Gasteiger partial charge is 0.302 e. The lowest BCUT2D eigenvalue weighted by Gasteiger charge is -2.15. The van der Waals surface area contributed by atoms with Gasteiger partial charge in [0.2, 0.25) is 0 Å². The van der Waals surface area contributed by atoms with Crippen LogP contribution in [0.5, 0.6) is 0 Å². The van der Waals surface area contributed by atoms with Crippen molar-refractivity contribution in [2.24, 2.45) is 0 Å². The van der Waals surface area contributed by atoms with Gasteiger partial charge in [-0.3, -0.25) is 0 Å². The average Bonchev–Trinajstić information content (AvgIpc) is 2.36. The van der Waals surface area contributed by atoms with E-state index in [1.54, 1.807) is 5.06 Å². The Morgan fingerprint density at radius 2 is 2.60 bits per heavy atom. The molecule has 10 heavy (non-hydrogen) atoms. The fraction of sp³-hybridized carbons (Fsp3) is 0.800. The average molecular weight is 273 g/mol. The fourth-order valence-electron chi connectivity index (χ4n) is 1.03. The van der Waals surface area contributed by atoms with E-state index in [4.69, 9.17) is 4.28 Å². The number of hydrogen-bond donors (Lipinski definition) is 0. The second-order valence-electron chi connectivity index (χ2n) is 2.12. The van der Waals surface area contributed by atoms with Crippen LogP contribution in [-0.4, -0.2) is 23.9 Å². The number of rotatable bonds is 3. The van der Waals surface area contributed by atoms with Gasteiger partial charge >= 0.3 is 0 Å². The maximum absolute atomic E-state index is 10.4. The molecule has 1 atom stereocenters. The Kier molecular flexibility index (Phi) is 3.97. The van der Waals surface area contributed by atoms with Crippen molar-refractivity contribution in [2.75, 3.05) is 6.54 Å². The summed E-state index contributed by atoms with van der Waals surface area (Å²) >= 11 is 2.04. The van der Waals surface area contributed by atoms with Crippen molar-refractivity contribution in [3.63, 3.8) is 0 Å². The number of nitrogens with zero attached hydrogens (tertiary/aromatic N) is 1. The minimum atomic E-state index is -0.0118. The molecule has 0 saturated carbocycles. The van der Waals surface area contributed by atoms with E-state index in [1.807, 2.05) is 21.2 Å². The summed E-state index contributed by atoms with van der Waals surface area (Å²) in [5, 5.41) is 1.73. The first kappa shape index (κ1) is 8.76. The third kappa shape index (κ3) is 2.08. The standard InChI is InChI=1S/C5H8INO2S/c6-10-9-7-3-1-2-5(7)4-8/h4-5H,1-3H2/t5-/m0/s1. The maximum atomic E-state index is 10.4. The van der Waals surface area contributed by atoms with E-state index in [1.165, 1.54) is 9.21 Å².